The fraction of sp³-hybridized carbons (Fsp3) is 0.107. The van der Waals surface area contributed by atoms with E-state index < -0.39 is 22.2 Å². The van der Waals surface area contributed by atoms with Crippen molar-refractivity contribution < 1.29 is 32.0 Å². The van der Waals surface area contributed by atoms with E-state index in [-0.39, 0.29) is 19.0 Å². The average molecular weight is 550 g/mol. The zero-order valence-corrected chi connectivity index (χ0v) is 21.8. The van der Waals surface area contributed by atoms with Crippen LogP contribution in [0.25, 0.3) is 10.8 Å². The van der Waals surface area contributed by atoms with E-state index in [0.717, 1.165) is 21.9 Å². The van der Waals surface area contributed by atoms with Gasteiger partial charge in [0.1, 0.15) is 18.2 Å². The summed E-state index contributed by atoms with van der Waals surface area (Å²) in [6.45, 7) is 0.472. The third kappa shape index (κ3) is 9.91. The number of amidine groups is 1. The molecule has 0 bridgehead atoms. The highest BCUT2D eigenvalue weighted by molar-refractivity contribution is 7.85. The largest absolute Gasteiger partial charge is 0.445 e. The van der Waals surface area contributed by atoms with Crippen LogP contribution in [0.2, 0.25) is 0 Å². The minimum atomic E-state index is -3.67. The fourth-order valence-corrected chi connectivity index (χ4v) is 3.33. The average Bonchev–Trinajstić information content (AvgIpc) is 2.90. The number of alkyl carbamates (subject to hydrolysis) is 1. The molecule has 1 amide bonds. The molecule has 0 aliphatic rings. The topological polar surface area (TPSA) is 169 Å². The van der Waals surface area contributed by atoms with Crippen LogP contribution in [0.1, 0.15) is 27.0 Å². The second-order valence-electron chi connectivity index (χ2n) is 8.37. The van der Waals surface area contributed by atoms with Crippen LogP contribution in [0.3, 0.4) is 0 Å². The van der Waals surface area contributed by atoms with E-state index in [1.807, 2.05) is 48.5 Å². The first-order chi connectivity index (χ1) is 18.5. The molecule has 0 aliphatic heterocycles. The Bertz CT molecular complexity index is 1560. The van der Waals surface area contributed by atoms with Gasteiger partial charge in [0, 0.05) is 12.1 Å². The van der Waals surface area contributed by atoms with Crippen LogP contribution >= 0.6 is 0 Å². The van der Waals surface area contributed by atoms with Crippen molar-refractivity contribution in [3.8, 4) is 5.75 Å². The van der Waals surface area contributed by atoms with Gasteiger partial charge in [-0.15, -0.1) is 0 Å². The van der Waals surface area contributed by atoms with Crippen LogP contribution in [-0.2, 0) is 28.0 Å². The molecule has 0 saturated heterocycles. The number of carbonyl (C=O) groups is 2. The molecule has 0 saturated carbocycles. The zero-order chi connectivity index (χ0) is 28.4. The van der Waals surface area contributed by atoms with Crippen molar-refractivity contribution >= 4 is 38.8 Å². The molecular formula is C28H27N3O7S. The molecule has 202 valence electrons. The number of hydrogen-bond acceptors (Lipinski definition) is 7. The van der Waals surface area contributed by atoms with Crippen molar-refractivity contribution in [1.82, 2.24) is 5.32 Å². The van der Waals surface area contributed by atoms with Crippen LogP contribution in [0, 0.1) is 5.41 Å². The highest BCUT2D eigenvalue weighted by Crippen LogP contribution is 2.23. The number of ether oxygens (including phenoxy) is 2. The number of benzene rings is 4. The monoisotopic (exact) mass is 549 g/mol. The molecule has 4 aromatic carbocycles. The summed E-state index contributed by atoms with van der Waals surface area (Å²) in [6, 6.07) is 26.9. The van der Waals surface area contributed by atoms with Gasteiger partial charge in [0.2, 0.25) is 0 Å². The number of fused-ring (bicyclic) bond motifs is 1. The summed E-state index contributed by atoms with van der Waals surface area (Å²) < 4.78 is 36.6. The number of nitrogens with two attached hydrogens (primary N) is 1. The van der Waals surface area contributed by atoms with Crippen LogP contribution in [-0.4, -0.2) is 37.1 Å². The Labute approximate surface area is 225 Å². The Morgan fingerprint density at radius 1 is 0.872 bits per heavy atom. The van der Waals surface area contributed by atoms with Gasteiger partial charge in [-0.05, 0) is 52.2 Å². The second kappa shape index (κ2) is 13.2. The van der Waals surface area contributed by atoms with E-state index in [4.69, 9.17) is 25.2 Å². The van der Waals surface area contributed by atoms with Gasteiger partial charge in [0.05, 0.1) is 11.8 Å². The maximum absolute atomic E-state index is 12.5. The van der Waals surface area contributed by atoms with Crippen molar-refractivity contribution in [2.75, 3.05) is 6.26 Å². The number of hydrogen-bond donors (Lipinski definition) is 4. The summed E-state index contributed by atoms with van der Waals surface area (Å²) >= 11 is 0. The smallest absolute Gasteiger partial charge is 0.407 e. The highest BCUT2D eigenvalue weighted by atomic mass is 32.2. The fourth-order valence-electron chi connectivity index (χ4n) is 3.33. The maximum atomic E-state index is 12.5. The number of amides is 1. The minimum absolute atomic E-state index is 0.000118. The lowest BCUT2D eigenvalue weighted by Gasteiger charge is -2.09. The summed E-state index contributed by atoms with van der Waals surface area (Å²) in [4.78, 5) is 24.4. The first-order valence-corrected chi connectivity index (χ1v) is 13.4. The summed E-state index contributed by atoms with van der Waals surface area (Å²) in [5.74, 6) is -0.0680. The van der Waals surface area contributed by atoms with Gasteiger partial charge in [-0.25, -0.2) is 9.59 Å². The van der Waals surface area contributed by atoms with Gasteiger partial charge in [0.25, 0.3) is 10.1 Å². The molecule has 10 nitrogen and oxygen atoms in total. The molecule has 0 aliphatic carbocycles. The molecule has 0 fully saturated rings. The number of nitrogens with one attached hydrogen (secondary N) is 2. The van der Waals surface area contributed by atoms with Crippen LogP contribution in [0.4, 0.5) is 4.79 Å². The normalized spacial score (nSPS) is 10.6. The lowest BCUT2D eigenvalue weighted by Crippen LogP contribution is -2.23. The van der Waals surface area contributed by atoms with Gasteiger partial charge in [0.15, 0.2) is 0 Å². The Hall–Kier alpha value is -4.74. The number of nitrogen functional groups attached to an aromatic ring is 1. The quantitative estimate of drug-likeness (QED) is 0.0871. The first kappa shape index (κ1) is 28.8. The lowest BCUT2D eigenvalue weighted by atomic mass is 10.1. The van der Waals surface area contributed by atoms with Crippen molar-refractivity contribution in [3.05, 3.63) is 113 Å². The molecule has 4 rings (SSSR count). The van der Waals surface area contributed by atoms with Gasteiger partial charge in [-0.2, -0.15) is 8.42 Å². The molecule has 5 N–H and O–H groups in total. The van der Waals surface area contributed by atoms with E-state index in [1.165, 1.54) is 0 Å². The highest BCUT2D eigenvalue weighted by Gasteiger charge is 2.10. The first-order valence-electron chi connectivity index (χ1n) is 11.5. The predicted octanol–water partition coefficient (Wildman–Crippen LogP) is 4.27. The van der Waals surface area contributed by atoms with E-state index in [2.05, 4.69) is 5.32 Å². The minimum Gasteiger partial charge on any atom is -0.445 e. The molecule has 0 aromatic heterocycles. The molecule has 0 radical (unpaired) electrons. The third-order valence-electron chi connectivity index (χ3n) is 5.17. The van der Waals surface area contributed by atoms with Gasteiger partial charge >= 0.3 is 12.1 Å². The van der Waals surface area contributed by atoms with E-state index in [0.29, 0.717) is 23.1 Å². The molecule has 0 spiro atoms. The number of rotatable bonds is 7. The molecule has 0 unspecified atom stereocenters. The van der Waals surface area contributed by atoms with Crippen molar-refractivity contribution in [3.63, 3.8) is 0 Å². The Morgan fingerprint density at radius 3 is 2.10 bits per heavy atom. The van der Waals surface area contributed by atoms with Crippen LogP contribution in [0.15, 0.2) is 91.0 Å². The summed E-state index contributed by atoms with van der Waals surface area (Å²) in [5, 5.41) is 12.0. The van der Waals surface area contributed by atoms with E-state index in [9.17, 15) is 18.0 Å². The Balaban J connectivity index is 0.000000771. The van der Waals surface area contributed by atoms with E-state index in [1.54, 1.807) is 42.5 Å². The Kier molecular flexibility index (Phi) is 9.74. The Morgan fingerprint density at radius 2 is 1.46 bits per heavy atom. The van der Waals surface area contributed by atoms with Crippen molar-refractivity contribution in [2.45, 2.75) is 13.2 Å². The molecule has 0 atom stereocenters. The summed E-state index contributed by atoms with van der Waals surface area (Å²) in [5.41, 5.74) is 8.29. The number of esters is 1. The predicted molar refractivity (Wildman–Crippen MR) is 147 cm³/mol. The number of carbonyl (C=O) groups excluding carboxylic acids is 2. The van der Waals surface area contributed by atoms with Gasteiger partial charge < -0.3 is 20.5 Å². The van der Waals surface area contributed by atoms with Crippen LogP contribution in [0.5, 0.6) is 5.75 Å². The van der Waals surface area contributed by atoms with Gasteiger partial charge in [-0.1, -0.05) is 60.7 Å². The van der Waals surface area contributed by atoms with Crippen molar-refractivity contribution in [1.29, 1.82) is 5.41 Å². The molecule has 11 heteroatoms. The molecule has 4 aromatic rings. The SMILES string of the molecule is CS(=O)(=O)O.N=C(N)c1ccc2cc(OC(=O)c3ccc(CNC(=O)OCc4ccccc4)cc3)ccc2c1. The van der Waals surface area contributed by atoms with E-state index >= 15 is 0 Å². The summed E-state index contributed by atoms with van der Waals surface area (Å²) in [6.07, 6.45) is 0.201. The van der Waals surface area contributed by atoms with Crippen molar-refractivity contribution in [2.24, 2.45) is 5.73 Å². The third-order valence-corrected chi connectivity index (χ3v) is 5.17. The van der Waals surface area contributed by atoms with Gasteiger partial charge in [-0.3, -0.25) is 9.96 Å². The molecule has 39 heavy (non-hydrogen) atoms. The summed E-state index contributed by atoms with van der Waals surface area (Å²) in [7, 11) is -3.67. The molecular weight excluding hydrogens is 522 g/mol. The zero-order valence-electron chi connectivity index (χ0n) is 21.0. The lowest BCUT2D eigenvalue weighted by molar-refractivity contribution is 0.0735. The van der Waals surface area contributed by atoms with Crippen LogP contribution < -0.4 is 15.8 Å². The standard InChI is InChI=1S/C27H23N3O4.CH4O3S/c28-25(29)23-11-10-22-15-24(13-12-21(22)14-23)34-26(31)20-8-6-18(7-9-20)16-30-27(32)33-17-19-4-2-1-3-5-19;1-5(2,3)4/h1-15H,16-17H2,(H3,28,29)(H,30,32);1H3,(H,2,3,4). The maximum Gasteiger partial charge on any atom is 0.407 e. The molecule has 0 heterocycles. The second-order valence-corrected chi connectivity index (χ2v) is 9.84.